The Morgan fingerprint density at radius 1 is 1.29 bits per heavy atom. The average Bonchev–Trinajstić information content (AvgIpc) is 2.45. The van der Waals surface area contributed by atoms with Gasteiger partial charge in [0.05, 0.1) is 10.6 Å². The molecule has 0 heterocycles. The van der Waals surface area contributed by atoms with Crippen molar-refractivity contribution in [3.63, 3.8) is 0 Å². The molecule has 0 aromatic heterocycles. The van der Waals surface area contributed by atoms with Gasteiger partial charge in [0.2, 0.25) is 0 Å². The lowest BCUT2D eigenvalue weighted by molar-refractivity contribution is 0.318. The van der Waals surface area contributed by atoms with Crippen molar-refractivity contribution in [1.82, 2.24) is 5.32 Å². The van der Waals surface area contributed by atoms with Gasteiger partial charge in [-0.05, 0) is 43.1 Å². The van der Waals surface area contributed by atoms with Gasteiger partial charge in [-0.3, -0.25) is 0 Å². The third kappa shape index (κ3) is 5.73. The maximum absolute atomic E-state index is 12.1. The van der Waals surface area contributed by atoms with Gasteiger partial charge < -0.3 is 16.3 Å². The van der Waals surface area contributed by atoms with Crippen LogP contribution in [0.2, 0.25) is 0 Å². The van der Waals surface area contributed by atoms with E-state index in [4.69, 9.17) is 10.9 Å². The number of oxime groups is 1. The highest BCUT2D eigenvalue weighted by atomic mass is 32.2. The molecule has 0 bridgehead atoms. The molecule has 1 aromatic carbocycles. The van der Waals surface area contributed by atoms with Crippen LogP contribution in [0.15, 0.2) is 34.3 Å². The molecule has 0 saturated carbocycles. The molecular weight excluding hydrogens is 290 g/mol. The van der Waals surface area contributed by atoms with Crippen molar-refractivity contribution < 1.29 is 13.6 Å². The maximum Gasteiger partial charge on any atom is 0.179 e. The summed E-state index contributed by atoms with van der Waals surface area (Å²) in [6.45, 7) is 5.50. The van der Waals surface area contributed by atoms with Crippen LogP contribution in [0, 0.1) is 5.92 Å². The van der Waals surface area contributed by atoms with Gasteiger partial charge in [-0.1, -0.05) is 19.0 Å². The first kappa shape index (κ1) is 17.5. The number of hydrogen-bond donors (Lipinski definition) is 3. The first-order valence-electron chi connectivity index (χ1n) is 6.88. The molecule has 4 N–H and O–H groups in total. The highest BCUT2D eigenvalue weighted by molar-refractivity contribution is 7.91. The molecule has 0 aliphatic rings. The second kappa shape index (κ2) is 7.99. The first-order valence-corrected chi connectivity index (χ1v) is 8.53. The van der Waals surface area contributed by atoms with Crippen LogP contribution in [0.4, 0.5) is 0 Å². The highest BCUT2D eigenvalue weighted by Crippen LogP contribution is 2.12. The molecule has 0 atom stereocenters. The summed E-state index contributed by atoms with van der Waals surface area (Å²) in [5.41, 5.74) is 5.91. The van der Waals surface area contributed by atoms with E-state index in [9.17, 15) is 8.42 Å². The molecular formula is C14H23N3O3S. The minimum absolute atomic E-state index is 0.0469. The van der Waals surface area contributed by atoms with Crippen molar-refractivity contribution in [3.05, 3.63) is 29.8 Å². The molecule has 0 radical (unpaired) electrons. The predicted octanol–water partition coefficient (Wildman–Crippen LogP) is 1.19. The molecule has 7 heteroatoms. The predicted molar refractivity (Wildman–Crippen MR) is 83.3 cm³/mol. The van der Waals surface area contributed by atoms with E-state index in [0.717, 1.165) is 13.0 Å². The smallest absolute Gasteiger partial charge is 0.179 e. The molecule has 0 unspecified atom stereocenters. The van der Waals surface area contributed by atoms with Gasteiger partial charge in [0.25, 0.3) is 0 Å². The molecule has 0 amide bonds. The Hall–Kier alpha value is -1.60. The Kier molecular flexibility index (Phi) is 6.64. The Morgan fingerprint density at radius 2 is 1.90 bits per heavy atom. The molecule has 0 spiro atoms. The number of nitrogens with zero attached hydrogens (tertiary/aromatic N) is 1. The van der Waals surface area contributed by atoms with Gasteiger partial charge in [-0.15, -0.1) is 0 Å². The van der Waals surface area contributed by atoms with Crippen molar-refractivity contribution >= 4 is 15.7 Å². The van der Waals surface area contributed by atoms with E-state index in [-0.39, 0.29) is 16.5 Å². The Balaban J connectivity index is 2.58. The second-order valence-corrected chi connectivity index (χ2v) is 7.37. The van der Waals surface area contributed by atoms with E-state index < -0.39 is 9.84 Å². The number of benzene rings is 1. The summed E-state index contributed by atoms with van der Waals surface area (Å²) in [4.78, 5) is 0.239. The molecule has 0 fully saturated rings. The molecule has 0 aliphatic carbocycles. The fraction of sp³-hybridized carbons (Fsp3) is 0.500. The summed E-state index contributed by atoms with van der Waals surface area (Å²) >= 11 is 0. The number of hydrogen-bond acceptors (Lipinski definition) is 5. The third-order valence-electron chi connectivity index (χ3n) is 3.06. The van der Waals surface area contributed by atoms with Crippen LogP contribution < -0.4 is 11.1 Å². The summed E-state index contributed by atoms with van der Waals surface area (Å²) in [6, 6.07) is 5.98. The average molecular weight is 313 g/mol. The van der Waals surface area contributed by atoms with Gasteiger partial charge in [0.1, 0.15) is 0 Å². The summed E-state index contributed by atoms with van der Waals surface area (Å²) < 4.78 is 24.3. The summed E-state index contributed by atoms with van der Waals surface area (Å²) in [5.74, 6) is 0.600. The maximum atomic E-state index is 12.1. The fourth-order valence-electron chi connectivity index (χ4n) is 1.73. The molecule has 21 heavy (non-hydrogen) atoms. The van der Waals surface area contributed by atoms with Gasteiger partial charge in [0.15, 0.2) is 15.7 Å². The van der Waals surface area contributed by atoms with Crippen molar-refractivity contribution in [3.8, 4) is 0 Å². The van der Waals surface area contributed by atoms with E-state index in [1.54, 1.807) is 0 Å². The van der Waals surface area contributed by atoms with Crippen molar-refractivity contribution in [2.45, 2.75) is 25.2 Å². The van der Waals surface area contributed by atoms with Crippen LogP contribution in [0.5, 0.6) is 0 Å². The lowest BCUT2D eigenvalue weighted by Gasteiger charge is -2.08. The lowest BCUT2D eigenvalue weighted by Crippen LogP contribution is -2.24. The minimum atomic E-state index is -3.32. The molecule has 0 saturated heterocycles. The van der Waals surface area contributed by atoms with Crippen molar-refractivity contribution in [2.75, 3.05) is 18.8 Å². The number of amidine groups is 1. The summed E-state index contributed by atoms with van der Waals surface area (Å²) in [7, 11) is -3.32. The Bertz CT molecular complexity index is 566. The van der Waals surface area contributed by atoms with Gasteiger partial charge >= 0.3 is 0 Å². The summed E-state index contributed by atoms with van der Waals surface area (Å²) in [6.07, 6.45) is 1.02. The number of nitrogens with one attached hydrogen (secondary N) is 1. The molecule has 0 aliphatic heterocycles. The highest BCUT2D eigenvalue weighted by Gasteiger charge is 2.14. The van der Waals surface area contributed by atoms with Crippen LogP contribution in [0.1, 0.15) is 25.8 Å². The number of sulfone groups is 1. The monoisotopic (exact) mass is 313 g/mol. The lowest BCUT2D eigenvalue weighted by atomic mass is 10.1. The Morgan fingerprint density at radius 3 is 2.43 bits per heavy atom. The number of rotatable bonds is 8. The molecule has 118 valence electrons. The molecule has 1 rings (SSSR count). The third-order valence-corrected chi connectivity index (χ3v) is 4.79. The zero-order valence-corrected chi connectivity index (χ0v) is 13.2. The van der Waals surface area contributed by atoms with Crippen LogP contribution in [0.25, 0.3) is 0 Å². The Labute approximate surface area is 126 Å². The SMILES string of the molecule is CC(C)CCNCCS(=O)(=O)c1ccc(/C(N)=N/O)cc1. The van der Waals surface area contributed by atoms with E-state index in [1.807, 2.05) is 0 Å². The minimum Gasteiger partial charge on any atom is -0.409 e. The number of nitrogens with two attached hydrogens (primary N) is 1. The summed E-state index contributed by atoms with van der Waals surface area (Å²) in [5, 5.41) is 14.6. The molecule has 1 aromatic rings. The topological polar surface area (TPSA) is 105 Å². The van der Waals surface area contributed by atoms with Crippen molar-refractivity contribution in [1.29, 1.82) is 0 Å². The van der Waals surface area contributed by atoms with E-state index in [1.165, 1.54) is 24.3 Å². The standard InChI is InChI=1S/C14H23N3O3S/c1-11(2)7-8-16-9-10-21(19,20)13-5-3-12(4-6-13)14(15)17-18/h3-6,11,16,18H,7-10H2,1-2H3,(H2,15,17). The zero-order chi connectivity index (χ0) is 15.9. The van der Waals surface area contributed by atoms with Gasteiger partial charge in [-0.25, -0.2) is 8.42 Å². The van der Waals surface area contributed by atoms with Crippen LogP contribution in [-0.4, -0.2) is 38.3 Å². The van der Waals surface area contributed by atoms with E-state index >= 15 is 0 Å². The molecule has 6 nitrogen and oxygen atoms in total. The quantitative estimate of drug-likeness (QED) is 0.220. The second-order valence-electron chi connectivity index (χ2n) is 5.26. The van der Waals surface area contributed by atoms with Crippen LogP contribution >= 0.6 is 0 Å². The van der Waals surface area contributed by atoms with Crippen LogP contribution in [-0.2, 0) is 9.84 Å². The largest absolute Gasteiger partial charge is 0.409 e. The van der Waals surface area contributed by atoms with Crippen LogP contribution in [0.3, 0.4) is 0 Å². The van der Waals surface area contributed by atoms with Gasteiger partial charge in [-0.2, -0.15) is 0 Å². The van der Waals surface area contributed by atoms with E-state index in [0.29, 0.717) is 18.0 Å². The fourth-order valence-corrected chi connectivity index (χ4v) is 2.93. The van der Waals surface area contributed by atoms with Gasteiger partial charge in [0, 0.05) is 12.1 Å². The van der Waals surface area contributed by atoms with E-state index in [2.05, 4.69) is 24.3 Å². The first-order chi connectivity index (χ1) is 9.86. The normalized spacial score (nSPS) is 12.8. The van der Waals surface area contributed by atoms with Crippen molar-refractivity contribution in [2.24, 2.45) is 16.8 Å². The zero-order valence-electron chi connectivity index (χ0n) is 12.4.